The minimum atomic E-state index is 0.157. The summed E-state index contributed by atoms with van der Waals surface area (Å²) in [6.45, 7) is 6.30. The van der Waals surface area contributed by atoms with Gasteiger partial charge in [0.15, 0.2) is 0 Å². The van der Waals surface area contributed by atoms with Gasteiger partial charge in [-0.25, -0.2) is 0 Å². The number of benzene rings is 1. The van der Waals surface area contributed by atoms with E-state index in [9.17, 15) is 4.79 Å². The van der Waals surface area contributed by atoms with Crippen LogP contribution in [0.15, 0.2) is 23.1 Å². The number of hydrogen-bond acceptors (Lipinski definition) is 5. The summed E-state index contributed by atoms with van der Waals surface area (Å²) in [5.74, 6) is 2.70. The summed E-state index contributed by atoms with van der Waals surface area (Å²) >= 11 is 1.67. The molecule has 0 spiro atoms. The van der Waals surface area contributed by atoms with Crippen molar-refractivity contribution in [1.82, 2.24) is 25.0 Å². The highest BCUT2D eigenvalue weighted by molar-refractivity contribution is 7.98. The van der Waals surface area contributed by atoms with Gasteiger partial charge in [-0.1, -0.05) is 6.07 Å². The lowest BCUT2D eigenvalue weighted by atomic mass is 9.95. The predicted octanol–water partition coefficient (Wildman–Crippen LogP) is 2.43. The van der Waals surface area contributed by atoms with Gasteiger partial charge in [-0.15, -0.1) is 22.0 Å². The van der Waals surface area contributed by atoms with E-state index in [1.54, 1.807) is 11.8 Å². The largest absolute Gasteiger partial charge is 0.339 e. The molecule has 0 atom stereocenters. The molecule has 1 aromatic heterocycles. The third-order valence-electron chi connectivity index (χ3n) is 5.47. The van der Waals surface area contributed by atoms with Gasteiger partial charge in [-0.05, 0) is 43.7 Å². The monoisotopic (exact) mass is 371 g/mol. The summed E-state index contributed by atoms with van der Waals surface area (Å²) in [5.41, 5.74) is 1.88. The van der Waals surface area contributed by atoms with Crippen LogP contribution < -0.4 is 5.32 Å². The maximum absolute atomic E-state index is 13.0. The third kappa shape index (κ3) is 3.25. The van der Waals surface area contributed by atoms with Crippen LogP contribution in [0.25, 0.3) is 0 Å². The smallest absolute Gasteiger partial charge is 0.254 e. The topological polar surface area (TPSA) is 63.1 Å². The van der Waals surface area contributed by atoms with Gasteiger partial charge < -0.3 is 14.8 Å². The molecule has 0 saturated carbocycles. The minimum Gasteiger partial charge on any atom is -0.339 e. The number of piperidine rings is 1. The van der Waals surface area contributed by atoms with Crippen LogP contribution >= 0.6 is 11.8 Å². The number of nitrogens with one attached hydrogen (secondary N) is 1. The van der Waals surface area contributed by atoms with Gasteiger partial charge in [-0.3, -0.25) is 4.79 Å². The van der Waals surface area contributed by atoms with Crippen molar-refractivity contribution in [3.05, 3.63) is 41.0 Å². The molecule has 1 aromatic carbocycles. The molecular formula is C19H25N5OS. The highest BCUT2D eigenvalue weighted by Gasteiger charge is 2.29. The molecule has 1 amide bonds. The van der Waals surface area contributed by atoms with E-state index in [4.69, 9.17) is 0 Å². The Kier molecular flexibility index (Phi) is 5.00. The Morgan fingerprint density at radius 2 is 2.04 bits per heavy atom. The summed E-state index contributed by atoms with van der Waals surface area (Å²) in [5, 5.41) is 12.1. The van der Waals surface area contributed by atoms with Gasteiger partial charge in [0.1, 0.15) is 11.6 Å². The van der Waals surface area contributed by atoms with Gasteiger partial charge in [0, 0.05) is 42.6 Å². The Labute approximate surface area is 158 Å². The first-order valence-corrected chi connectivity index (χ1v) is 10.5. The lowest BCUT2D eigenvalue weighted by molar-refractivity contribution is 0.0709. The number of amides is 1. The quantitative estimate of drug-likeness (QED) is 0.840. The number of fused-ring (bicyclic) bond motifs is 1. The maximum atomic E-state index is 13.0. The van der Waals surface area contributed by atoms with E-state index in [0.717, 1.165) is 73.2 Å². The second-order valence-electron chi connectivity index (χ2n) is 7.05. The van der Waals surface area contributed by atoms with E-state index >= 15 is 0 Å². The number of nitrogens with zero attached hydrogens (tertiary/aromatic N) is 4. The zero-order valence-electron chi connectivity index (χ0n) is 15.4. The lowest BCUT2D eigenvalue weighted by Crippen LogP contribution is -2.39. The van der Waals surface area contributed by atoms with Crippen LogP contribution in [-0.4, -0.2) is 51.5 Å². The van der Waals surface area contributed by atoms with E-state index in [1.165, 1.54) is 0 Å². The van der Waals surface area contributed by atoms with Gasteiger partial charge in [0.2, 0.25) is 0 Å². The van der Waals surface area contributed by atoms with E-state index < -0.39 is 0 Å². The van der Waals surface area contributed by atoms with Crippen LogP contribution in [0.1, 0.15) is 46.3 Å². The molecule has 1 fully saturated rings. The zero-order chi connectivity index (χ0) is 18.1. The second kappa shape index (κ2) is 7.40. The molecule has 0 radical (unpaired) electrons. The molecule has 3 heterocycles. The van der Waals surface area contributed by atoms with Crippen molar-refractivity contribution in [2.24, 2.45) is 0 Å². The summed E-state index contributed by atoms with van der Waals surface area (Å²) in [6, 6.07) is 6.14. The minimum absolute atomic E-state index is 0.157. The molecule has 0 bridgehead atoms. The molecule has 2 aliphatic heterocycles. The average Bonchev–Trinajstić information content (AvgIpc) is 3.12. The second-order valence-corrected chi connectivity index (χ2v) is 7.93. The van der Waals surface area contributed by atoms with E-state index in [0.29, 0.717) is 5.92 Å². The van der Waals surface area contributed by atoms with Crippen molar-refractivity contribution in [3.63, 3.8) is 0 Å². The Morgan fingerprint density at radius 3 is 2.81 bits per heavy atom. The zero-order valence-corrected chi connectivity index (χ0v) is 16.2. The first-order valence-electron chi connectivity index (χ1n) is 9.24. The van der Waals surface area contributed by atoms with Crippen molar-refractivity contribution >= 4 is 17.7 Å². The van der Waals surface area contributed by atoms with Crippen molar-refractivity contribution in [3.8, 4) is 0 Å². The third-order valence-corrected chi connectivity index (χ3v) is 6.20. The molecular weight excluding hydrogens is 346 g/mol. The van der Waals surface area contributed by atoms with E-state index in [-0.39, 0.29) is 5.91 Å². The molecule has 7 heteroatoms. The number of aryl methyl sites for hydroxylation is 1. The number of hydrogen-bond donors (Lipinski definition) is 1. The molecule has 2 aliphatic rings. The maximum Gasteiger partial charge on any atom is 0.254 e. The molecule has 6 nitrogen and oxygen atoms in total. The molecule has 0 aliphatic carbocycles. The van der Waals surface area contributed by atoms with Crippen LogP contribution in [0.5, 0.6) is 0 Å². The van der Waals surface area contributed by atoms with Crippen molar-refractivity contribution in [2.45, 2.75) is 43.7 Å². The Balaban J connectivity index is 1.45. The summed E-state index contributed by atoms with van der Waals surface area (Å²) < 4.78 is 2.27. The van der Waals surface area contributed by atoms with Crippen LogP contribution in [0.2, 0.25) is 0 Å². The highest BCUT2D eigenvalue weighted by Crippen LogP contribution is 2.29. The Morgan fingerprint density at radius 1 is 1.23 bits per heavy atom. The molecule has 0 unspecified atom stereocenters. The highest BCUT2D eigenvalue weighted by atomic mass is 32.2. The molecule has 2 aromatic rings. The first kappa shape index (κ1) is 17.5. The average molecular weight is 372 g/mol. The van der Waals surface area contributed by atoms with E-state index in [2.05, 4.69) is 26.1 Å². The first-order chi connectivity index (χ1) is 12.7. The molecule has 1 N–H and O–H groups in total. The number of likely N-dealkylation sites (tertiary alicyclic amines) is 1. The van der Waals surface area contributed by atoms with Crippen LogP contribution in [0.4, 0.5) is 0 Å². The molecule has 138 valence electrons. The van der Waals surface area contributed by atoms with Crippen LogP contribution in [0.3, 0.4) is 0 Å². The normalized spacial score (nSPS) is 18.0. The fraction of sp³-hybridized carbons (Fsp3) is 0.526. The number of thioether (sulfide) groups is 1. The van der Waals surface area contributed by atoms with Crippen molar-refractivity contribution in [2.75, 3.05) is 25.9 Å². The van der Waals surface area contributed by atoms with Crippen LogP contribution in [0, 0.1) is 6.92 Å². The molecule has 1 saturated heterocycles. The fourth-order valence-electron chi connectivity index (χ4n) is 3.89. The number of carbonyl (C=O) groups is 1. The number of carbonyl (C=O) groups excluding carboxylic acids is 1. The van der Waals surface area contributed by atoms with Gasteiger partial charge >= 0.3 is 0 Å². The summed E-state index contributed by atoms with van der Waals surface area (Å²) in [6.07, 6.45) is 3.95. The Bertz CT molecular complexity index is 810. The van der Waals surface area contributed by atoms with Gasteiger partial charge in [0.05, 0.1) is 6.54 Å². The summed E-state index contributed by atoms with van der Waals surface area (Å²) in [4.78, 5) is 16.1. The lowest BCUT2D eigenvalue weighted by Gasteiger charge is -2.32. The SMILES string of the molecule is CSc1ccc(C)c(C(=O)N2CCC(c3nnc4n3CCNC4)CC2)c1. The van der Waals surface area contributed by atoms with Crippen molar-refractivity contribution in [1.29, 1.82) is 0 Å². The predicted molar refractivity (Wildman–Crippen MR) is 103 cm³/mol. The van der Waals surface area contributed by atoms with Crippen LogP contribution in [-0.2, 0) is 13.1 Å². The standard InChI is InChI=1S/C19H25N5OS/c1-13-3-4-15(26-2)11-16(13)19(25)23-8-5-14(6-9-23)18-22-21-17-12-20-7-10-24(17)18/h3-4,11,14,20H,5-10,12H2,1-2H3. The Hall–Kier alpha value is -1.86. The van der Waals surface area contributed by atoms with Gasteiger partial charge in [0.25, 0.3) is 5.91 Å². The summed E-state index contributed by atoms with van der Waals surface area (Å²) in [7, 11) is 0. The molecule has 4 rings (SSSR count). The molecule has 26 heavy (non-hydrogen) atoms. The van der Waals surface area contributed by atoms with E-state index in [1.807, 2.05) is 30.2 Å². The number of aromatic nitrogens is 3. The fourth-order valence-corrected chi connectivity index (χ4v) is 4.33. The number of rotatable bonds is 3. The van der Waals surface area contributed by atoms with Gasteiger partial charge in [-0.2, -0.15) is 0 Å². The van der Waals surface area contributed by atoms with Crippen molar-refractivity contribution < 1.29 is 4.79 Å².